The maximum Gasteiger partial charge on any atom is 0.0590 e. The number of ether oxygens (including phenoxy) is 1. The van der Waals surface area contributed by atoms with Gasteiger partial charge in [0.2, 0.25) is 0 Å². The van der Waals surface area contributed by atoms with Crippen LogP contribution in [0.4, 0.5) is 0 Å². The Kier molecular flexibility index (Phi) is 10.9. The lowest BCUT2D eigenvalue weighted by atomic mass is 10.4. The van der Waals surface area contributed by atoms with Crippen molar-refractivity contribution in [2.24, 2.45) is 0 Å². The molecule has 86 valence electrons. The molecule has 3 heteroatoms. The van der Waals surface area contributed by atoms with Crippen molar-refractivity contribution in [2.75, 3.05) is 46.4 Å². The Balaban J connectivity index is 2.92. The number of likely N-dealkylation sites (N-methyl/N-ethyl adjacent to an activating group) is 1. The van der Waals surface area contributed by atoms with Crippen LogP contribution in [0.5, 0.6) is 0 Å². The highest BCUT2D eigenvalue weighted by molar-refractivity contribution is 4.52. The Morgan fingerprint density at radius 3 is 2.57 bits per heavy atom. The fourth-order valence-electron chi connectivity index (χ4n) is 1.05. The predicted octanol–water partition coefficient (Wildman–Crippen LogP) is 1.34. The fraction of sp³-hybridized carbons (Fsp3) is 1.00. The van der Waals surface area contributed by atoms with Crippen LogP contribution in [-0.4, -0.2) is 51.3 Å². The third kappa shape index (κ3) is 9.96. The molecular weight excluding hydrogens is 176 g/mol. The number of rotatable bonds is 10. The molecule has 0 rings (SSSR count). The molecule has 0 radical (unpaired) electrons. The van der Waals surface area contributed by atoms with Crippen LogP contribution in [0.2, 0.25) is 0 Å². The molecule has 0 atom stereocenters. The number of hydrogen-bond acceptors (Lipinski definition) is 3. The zero-order chi connectivity index (χ0) is 10.6. The first kappa shape index (κ1) is 13.9. The van der Waals surface area contributed by atoms with Crippen molar-refractivity contribution in [3.63, 3.8) is 0 Å². The Hall–Kier alpha value is -0.120. The van der Waals surface area contributed by atoms with E-state index in [0.29, 0.717) is 0 Å². The van der Waals surface area contributed by atoms with E-state index in [0.717, 1.165) is 39.4 Å². The Bertz CT molecular complexity index is 109. The van der Waals surface area contributed by atoms with Crippen molar-refractivity contribution in [2.45, 2.75) is 26.7 Å². The molecule has 0 amide bonds. The topological polar surface area (TPSA) is 24.5 Å². The standard InChI is InChI=1S/C11H26N2O/c1-4-6-10-14-11-8-12-7-9-13(3)5-2/h12H,4-11H2,1-3H3. The van der Waals surface area contributed by atoms with Crippen LogP contribution < -0.4 is 5.32 Å². The summed E-state index contributed by atoms with van der Waals surface area (Å²) in [5.74, 6) is 0. The molecule has 3 nitrogen and oxygen atoms in total. The van der Waals surface area contributed by atoms with Gasteiger partial charge < -0.3 is 15.0 Å². The first-order valence-electron chi connectivity index (χ1n) is 5.78. The molecule has 0 aromatic heterocycles. The molecule has 0 unspecified atom stereocenters. The summed E-state index contributed by atoms with van der Waals surface area (Å²) in [6.07, 6.45) is 2.40. The van der Waals surface area contributed by atoms with Gasteiger partial charge in [0.1, 0.15) is 0 Å². The average Bonchev–Trinajstić information content (AvgIpc) is 2.21. The minimum absolute atomic E-state index is 0.843. The Labute approximate surface area is 88.8 Å². The first-order valence-corrected chi connectivity index (χ1v) is 5.78. The van der Waals surface area contributed by atoms with Crippen LogP contribution in [0.25, 0.3) is 0 Å². The minimum Gasteiger partial charge on any atom is -0.380 e. The summed E-state index contributed by atoms with van der Waals surface area (Å²) in [5.41, 5.74) is 0. The van der Waals surface area contributed by atoms with Crippen LogP contribution in [0.3, 0.4) is 0 Å². The van der Waals surface area contributed by atoms with E-state index in [1.165, 1.54) is 12.8 Å². The molecule has 0 aliphatic heterocycles. The third-order valence-corrected chi connectivity index (χ3v) is 2.28. The van der Waals surface area contributed by atoms with E-state index in [9.17, 15) is 0 Å². The molecule has 1 N–H and O–H groups in total. The van der Waals surface area contributed by atoms with E-state index in [1.54, 1.807) is 0 Å². The van der Waals surface area contributed by atoms with E-state index in [-0.39, 0.29) is 0 Å². The van der Waals surface area contributed by atoms with Gasteiger partial charge in [0.15, 0.2) is 0 Å². The SMILES string of the molecule is CCCCOCCNCCN(C)CC. The summed E-state index contributed by atoms with van der Waals surface area (Å²) in [4.78, 5) is 2.30. The monoisotopic (exact) mass is 202 g/mol. The predicted molar refractivity (Wildman–Crippen MR) is 61.8 cm³/mol. The summed E-state index contributed by atoms with van der Waals surface area (Å²) in [7, 11) is 2.14. The van der Waals surface area contributed by atoms with Crippen LogP contribution in [-0.2, 0) is 4.74 Å². The lowest BCUT2D eigenvalue weighted by molar-refractivity contribution is 0.132. The van der Waals surface area contributed by atoms with Crippen molar-refractivity contribution in [3.05, 3.63) is 0 Å². The molecule has 0 heterocycles. The highest BCUT2D eigenvalue weighted by Gasteiger charge is 1.93. The van der Waals surface area contributed by atoms with Crippen LogP contribution in [0.15, 0.2) is 0 Å². The van der Waals surface area contributed by atoms with Crippen molar-refractivity contribution < 1.29 is 4.74 Å². The highest BCUT2D eigenvalue weighted by Crippen LogP contribution is 1.86. The molecule has 0 aromatic rings. The molecule has 0 bridgehead atoms. The number of unbranched alkanes of at least 4 members (excludes halogenated alkanes) is 1. The molecule has 0 spiro atoms. The van der Waals surface area contributed by atoms with Gasteiger partial charge in [-0.05, 0) is 20.0 Å². The lowest BCUT2D eigenvalue weighted by Gasteiger charge is -2.13. The third-order valence-electron chi connectivity index (χ3n) is 2.28. The second kappa shape index (κ2) is 11.0. The second-order valence-corrected chi connectivity index (χ2v) is 3.61. The fourth-order valence-corrected chi connectivity index (χ4v) is 1.05. The van der Waals surface area contributed by atoms with Crippen molar-refractivity contribution >= 4 is 0 Å². The van der Waals surface area contributed by atoms with Crippen LogP contribution in [0, 0.1) is 0 Å². The molecule has 0 aliphatic carbocycles. The average molecular weight is 202 g/mol. The van der Waals surface area contributed by atoms with Gasteiger partial charge in [-0.15, -0.1) is 0 Å². The summed E-state index contributed by atoms with van der Waals surface area (Å²) < 4.78 is 5.43. The van der Waals surface area contributed by atoms with Gasteiger partial charge in [0.05, 0.1) is 6.61 Å². The minimum atomic E-state index is 0.843. The molecule has 0 aromatic carbocycles. The van der Waals surface area contributed by atoms with E-state index < -0.39 is 0 Å². The number of nitrogens with one attached hydrogen (secondary N) is 1. The Morgan fingerprint density at radius 2 is 1.93 bits per heavy atom. The van der Waals surface area contributed by atoms with Crippen molar-refractivity contribution in [1.82, 2.24) is 10.2 Å². The summed E-state index contributed by atoms with van der Waals surface area (Å²) in [5, 5.41) is 3.36. The van der Waals surface area contributed by atoms with E-state index >= 15 is 0 Å². The maximum atomic E-state index is 5.43. The molecular formula is C11H26N2O. The number of nitrogens with zero attached hydrogens (tertiary/aromatic N) is 1. The van der Waals surface area contributed by atoms with Crippen molar-refractivity contribution in [3.8, 4) is 0 Å². The van der Waals surface area contributed by atoms with Crippen LogP contribution >= 0.6 is 0 Å². The molecule has 0 fully saturated rings. The van der Waals surface area contributed by atoms with Gasteiger partial charge >= 0.3 is 0 Å². The normalized spacial score (nSPS) is 11.1. The Morgan fingerprint density at radius 1 is 1.14 bits per heavy atom. The van der Waals surface area contributed by atoms with Gasteiger partial charge in [-0.1, -0.05) is 20.3 Å². The first-order chi connectivity index (χ1) is 6.81. The molecule has 14 heavy (non-hydrogen) atoms. The number of hydrogen-bond donors (Lipinski definition) is 1. The summed E-state index contributed by atoms with van der Waals surface area (Å²) >= 11 is 0. The molecule has 0 aliphatic rings. The summed E-state index contributed by atoms with van der Waals surface area (Å²) in [6, 6.07) is 0. The van der Waals surface area contributed by atoms with E-state index in [1.807, 2.05) is 0 Å². The molecule has 0 saturated carbocycles. The molecule has 0 saturated heterocycles. The van der Waals surface area contributed by atoms with Gasteiger partial charge in [-0.2, -0.15) is 0 Å². The lowest BCUT2D eigenvalue weighted by Crippen LogP contribution is -2.30. The smallest absolute Gasteiger partial charge is 0.0590 e. The van der Waals surface area contributed by atoms with E-state index in [2.05, 4.69) is 31.1 Å². The highest BCUT2D eigenvalue weighted by atomic mass is 16.5. The summed E-state index contributed by atoms with van der Waals surface area (Å²) in [6.45, 7) is 10.4. The van der Waals surface area contributed by atoms with Gasteiger partial charge in [0, 0.05) is 26.2 Å². The van der Waals surface area contributed by atoms with Crippen molar-refractivity contribution in [1.29, 1.82) is 0 Å². The van der Waals surface area contributed by atoms with Gasteiger partial charge in [-0.25, -0.2) is 0 Å². The van der Waals surface area contributed by atoms with Gasteiger partial charge in [-0.3, -0.25) is 0 Å². The van der Waals surface area contributed by atoms with Crippen LogP contribution in [0.1, 0.15) is 26.7 Å². The largest absolute Gasteiger partial charge is 0.380 e. The van der Waals surface area contributed by atoms with E-state index in [4.69, 9.17) is 4.74 Å². The zero-order valence-corrected chi connectivity index (χ0v) is 10.0. The maximum absolute atomic E-state index is 5.43. The zero-order valence-electron chi connectivity index (χ0n) is 10.0. The second-order valence-electron chi connectivity index (χ2n) is 3.61. The quantitative estimate of drug-likeness (QED) is 0.541. The van der Waals surface area contributed by atoms with Gasteiger partial charge in [0.25, 0.3) is 0 Å².